The number of hydrogen-bond donors (Lipinski definition) is 0. The molecule has 1 aliphatic rings. The van der Waals surface area contributed by atoms with Gasteiger partial charge in [-0.1, -0.05) is 29.3 Å². The number of carbonyl (C=O) groups excluding carboxylic acids is 1. The highest BCUT2D eigenvalue weighted by Crippen LogP contribution is 2.38. The summed E-state index contributed by atoms with van der Waals surface area (Å²) in [6.07, 6.45) is 1.69. The first-order chi connectivity index (χ1) is 11.5. The molecule has 0 saturated heterocycles. The Morgan fingerprint density at radius 2 is 1.79 bits per heavy atom. The fourth-order valence-corrected chi connectivity index (χ4v) is 3.00. The van der Waals surface area contributed by atoms with Crippen LogP contribution in [0.5, 0.6) is 11.5 Å². The smallest absolute Gasteiger partial charge is 0.339 e. The van der Waals surface area contributed by atoms with Gasteiger partial charge in [-0.05, 0) is 41.5 Å². The number of methoxy groups -OCH3 is 2. The summed E-state index contributed by atoms with van der Waals surface area (Å²) in [6, 6.07) is 8.66. The van der Waals surface area contributed by atoms with Gasteiger partial charge in [0.15, 0.2) is 11.5 Å². The molecule has 0 N–H and O–H groups in total. The van der Waals surface area contributed by atoms with Crippen LogP contribution >= 0.6 is 23.2 Å². The highest BCUT2D eigenvalue weighted by atomic mass is 35.5. The van der Waals surface area contributed by atoms with E-state index in [1.165, 1.54) is 0 Å². The lowest BCUT2D eigenvalue weighted by atomic mass is 9.95. The number of esters is 1. The number of ether oxygens (including phenoxy) is 3. The Morgan fingerprint density at radius 1 is 1.08 bits per heavy atom. The largest absolute Gasteiger partial charge is 0.493 e. The molecule has 124 valence electrons. The molecule has 1 aliphatic heterocycles. The van der Waals surface area contributed by atoms with Gasteiger partial charge in [0, 0.05) is 15.6 Å². The molecule has 6 heteroatoms. The number of cyclic esters (lactones) is 1. The van der Waals surface area contributed by atoms with Crippen molar-refractivity contribution in [3.8, 4) is 11.5 Å². The van der Waals surface area contributed by atoms with Crippen LogP contribution in [0.25, 0.3) is 11.6 Å². The van der Waals surface area contributed by atoms with E-state index >= 15 is 0 Å². The van der Waals surface area contributed by atoms with Crippen molar-refractivity contribution < 1.29 is 19.0 Å². The summed E-state index contributed by atoms with van der Waals surface area (Å²) in [7, 11) is 3.11. The Kier molecular flexibility index (Phi) is 4.69. The van der Waals surface area contributed by atoms with Gasteiger partial charge in [-0.2, -0.15) is 0 Å². The van der Waals surface area contributed by atoms with Crippen LogP contribution in [0.4, 0.5) is 0 Å². The summed E-state index contributed by atoms with van der Waals surface area (Å²) >= 11 is 12.1. The van der Waals surface area contributed by atoms with Crippen LogP contribution < -0.4 is 9.47 Å². The van der Waals surface area contributed by atoms with Gasteiger partial charge in [-0.25, -0.2) is 4.79 Å². The lowest BCUT2D eigenvalue weighted by Gasteiger charge is -2.21. The highest BCUT2D eigenvalue weighted by Gasteiger charge is 2.25. The quantitative estimate of drug-likeness (QED) is 0.589. The predicted octanol–water partition coefficient (Wildman–Crippen LogP) is 4.61. The molecule has 0 aliphatic carbocycles. The Bertz CT molecular complexity index is 843. The zero-order valence-corrected chi connectivity index (χ0v) is 14.6. The van der Waals surface area contributed by atoms with Gasteiger partial charge < -0.3 is 14.2 Å². The second kappa shape index (κ2) is 6.75. The van der Waals surface area contributed by atoms with Crippen LogP contribution in [-0.4, -0.2) is 20.2 Å². The van der Waals surface area contributed by atoms with Crippen LogP contribution in [0.3, 0.4) is 0 Å². The van der Waals surface area contributed by atoms with Crippen molar-refractivity contribution in [2.24, 2.45) is 0 Å². The zero-order chi connectivity index (χ0) is 17.3. The van der Waals surface area contributed by atoms with E-state index in [2.05, 4.69) is 0 Å². The number of rotatable bonds is 3. The van der Waals surface area contributed by atoms with Crippen molar-refractivity contribution in [1.29, 1.82) is 0 Å². The number of fused-ring (bicyclic) bond motifs is 1. The van der Waals surface area contributed by atoms with Crippen LogP contribution in [0.1, 0.15) is 16.7 Å². The molecule has 0 spiro atoms. The van der Waals surface area contributed by atoms with E-state index in [0.717, 1.165) is 11.1 Å². The fraction of sp³-hybridized carbons (Fsp3) is 0.167. The van der Waals surface area contributed by atoms with E-state index in [1.807, 2.05) is 0 Å². The molecule has 3 rings (SSSR count). The van der Waals surface area contributed by atoms with Crippen LogP contribution in [-0.2, 0) is 16.1 Å². The van der Waals surface area contributed by atoms with Crippen molar-refractivity contribution in [2.75, 3.05) is 14.2 Å². The molecule has 0 aromatic heterocycles. The van der Waals surface area contributed by atoms with Gasteiger partial charge >= 0.3 is 5.97 Å². The van der Waals surface area contributed by atoms with Crippen molar-refractivity contribution in [3.63, 3.8) is 0 Å². The third-order valence-corrected chi connectivity index (χ3v) is 4.30. The Labute approximate surface area is 149 Å². The molecular formula is C18H14Cl2O4. The topological polar surface area (TPSA) is 44.8 Å². The molecule has 1 heterocycles. The lowest BCUT2D eigenvalue weighted by molar-refractivity contribution is -0.138. The number of carbonyl (C=O) groups is 1. The van der Waals surface area contributed by atoms with Crippen molar-refractivity contribution in [2.45, 2.75) is 6.61 Å². The minimum atomic E-state index is -0.416. The van der Waals surface area contributed by atoms with E-state index in [4.69, 9.17) is 37.4 Å². The van der Waals surface area contributed by atoms with Crippen LogP contribution in [0, 0.1) is 0 Å². The predicted molar refractivity (Wildman–Crippen MR) is 93.7 cm³/mol. The molecule has 0 radical (unpaired) electrons. The molecule has 0 unspecified atom stereocenters. The average Bonchev–Trinajstić information content (AvgIpc) is 2.58. The molecule has 2 aromatic rings. The van der Waals surface area contributed by atoms with E-state index in [9.17, 15) is 4.79 Å². The first kappa shape index (κ1) is 16.7. The van der Waals surface area contributed by atoms with E-state index in [1.54, 1.807) is 50.6 Å². The summed E-state index contributed by atoms with van der Waals surface area (Å²) in [5.74, 6) is 0.706. The summed E-state index contributed by atoms with van der Waals surface area (Å²) in [5.41, 5.74) is 2.65. The van der Waals surface area contributed by atoms with Crippen LogP contribution in [0.2, 0.25) is 10.0 Å². The summed E-state index contributed by atoms with van der Waals surface area (Å²) in [5, 5.41) is 0.982. The fourth-order valence-electron chi connectivity index (χ4n) is 2.53. The zero-order valence-electron chi connectivity index (χ0n) is 13.1. The molecule has 24 heavy (non-hydrogen) atoms. The van der Waals surface area contributed by atoms with Crippen molar-refractivity contribution in [3.05, 3.63) is 57.1 Å². The van der Waals surface area contributed by atoms with Gasteiger partial charge in [-0.15, -0.1) is 0 Å². The summed E-state index contributed by atoms with van der Waals surface area (Å²) in [4.78, 5) is 12.3. The molecule has 2 aromatic carbocycles. The summed E-state index contributed by atoms with van der Waals surface area (Å²) in [6.45, 7) is 0.181. The molecule has 0 amide bonds. The average molecular weight is 365 g/mol. The van der Waals surface area contributed by atoms with Gasteiger partial charge in [0.25, 0.3) is 0 Å². The molecule has 0 bridgehead atoms. The third kappa shape index (κ3) is 3.07. The standard InChI is InChI=1S/C18H14Cl2O4/c1-22-16-6-11-9-24-18(21)14(13(11)8-17(16)23-2)5-10-3-4-12(19)7-15(10)20/h3-8H,9H2,1-2H3/b14-5-. The minimum Gasteiger partial charge on any atom is -0.493 e. The minimum absolute atomic E-state index is 0.181. The Morgan fingerprint density at radius 3 is 2.46 bits per heavy atom. The maximum Gasteiger partial charge on any atom is 0.339 e. The Hall–Kier alpha value is -2.17. The van der Waals surface area contributed by atoms with Crippen molar-refractivity contribution in [1.82, 2.24) is 0 Å². The second-order valence-electron chi connectivity index (χ2n) is 5.16. The molecule has 0 fully saturated rings. The first-order valence-electron chi connectivity index (χ1n) is 7.12. The second-order valence-corrected chi connectivity index (χ2v) is 6.01. The molecule has 0 atom stereocenters. The Balaban J connectivity index is 2.16. The third-order valence-electron chi connectivity index (χ3n) is 3.74. The maximum atomic E-state index is 12.3. The normalized spacial score (nSPS) is 15.0. The molecule has 0 saturated carbocycles. The molecule has 4 nitrogen and oxygen atoms in total. The number of benzene rings is 2. The van der Waals surface area contributed by atoms with Crippen molar-refractivity contribution >= 4 is 40.8 Å². The van der Waals surface area contributed by atoms with Gasteiger partial charge in [0.05, 0.1) is 19.8 Å². The first-order valence-corrected chi connectivity index (χ1v) is 7.88. The van der Waals surface area contributed by atoms with Crippen LogP contribution in [0.15, 0.2) is 30.3 Å². The van der Waals surface area contributed by atoms with E-state index in [-0.39, 0.29) is 6.61 Å². The lowest BCUT2D eigenvalue weighted by Crippen LogP contribution is -2.15. The monoisotopic (exact) mass is 364 g/mol. The maximum absolute atomic E-state index is 12.3. The number of halogens is 2. The highest BCUT2D eigenvalue weighted by molar-refractivity contribution is 6.36. The molecular weight excluding hydrogens is 351 g/mol. The van der Waals surface area contributed by atoms with Gasteiger partial charge in [-0.3, -0.25) is 0 Å². The van der Waals surface area contributed by atoms with E-state index in [0.29, 0.717) is 32.7 Å². The van der Waals surface area contributed by atoms with Gasteiger partial charge in [0.2, 0.25) is 0 Å². The van der Waals surface area contributed by atoms with E-state index < -0.39 is 5.97 Å². The van der Waals surface area contributed by atoms with Gasteiger partial charge in [0.1, 0.15) is 6.61 Å². The summed E-state index contributed by atoms with van der Waals surface area (Å²) < 4.78 is 15.9. The SMILES string of the molecule is COc1cc2c(cc1OC)/C(=C/c1ccc(Cl)cc1Cl)C(=O)OC2. The number of hydrogen-bond acceptors (Lipinski definition) is 4.